The number of rotatable bonds is 6. The van der Waals surface area contributed by atoms with Gasteiger partial charge in [-0.05, 0) is 66.9 Å². The Bertz CT molecular complexity index is 690. The van der Waals surface area contributed by atoms with E-state index in [2.05, 4.69) is 17.4 Å². The van der Waals surface area contributed by atoms with E-state index in [1.54, 1.807) is 28.4 Å². The minimum Gasteiger partial charge on any atom is -0.493 e. The van der Waals surface area contributed by atoms with E-state index >= 15 is 0 Å². The summed E-state index contributed by atoms with van der Waals surface area (Å²) in [6, 6.07) is 9.97. The maximum absolute atomic E-state index is 5.45. The lowest BCUT2D eigenvalue weighted by molar-refractivity contribution is 0.353. The first kappa shape index (κ1) is 20.9. The van der Waals surface area contributed by atoms with Crippen LogP contribution in [0.15, 0.2) is 30.3 Å². The minimum atomic E-state index is 0.648. The van der Waals surface area contributed by atoms with Crippen LogP contribution in [0.4, 0.5) is 0 Å². The lowest BCUT2D eigenvalue weighted by Crippen LogP contribution is -2.23. The third kappa shape index (κ3) is 5.52. The predicted octanol–water partition coefficient (Wildman–Crippen LogP) is 2.55. The average molecular weight is 374 g/mol. The van der Waals surface area contributed by atoms with Crippen LogP contribution in [0.5, 0.6) is 23.0 Å². The lowest BCUT2D eigenvalue weighted by atomic mass is 10.0. The van der Waals surface area contributed by atoms with Crippen molar-refractivity contribution in [2.45, 2.75) is 19.4 Å². The van der Waals surface area contributed by atoms with Crippen molar-refractivity contribution in [3.8, 4) is 23.0 Å². The summed E-state index contributed by atoms with van der Waals surface area (Å²) < 4.78 is 20.8. The fraction of sp³-hybridized carbons (Fsp3) is 0.429. The van der Waals surface area contributed by atoms with E-state index < -0.39 is 0 Å². The zero-order valence-corrected chi connectivity index (χ0v) is 16.6. The normalized spacial score (nSPS) is 12.3. The quantitative estimate of drug-likeness (QED) is 0.809. The molecule has 27 heavy (non-hydrogen) atoms. The van der Waals surface area contributed by atoms with Gasteiger partial charge < -0.3 is 30.0 Å². The van der Waals surface area contributed by atoms with Gasteiger partial charge in [0.25, 0.3) is 0 Å². The molecule has 0 radical (unpaired) electrons. The fourth-order valence-corrected chi connectivity index (χ4v) is 3.01. The van der Waals surface area contributed by atoms with Gasteiger partial charge in [-0.1, -0.05) is 6.07 Å². The highest BCUT2D eigenvalue weighted by atomic mass is 16.5. The van der Waals surface area contributed by atoms with Crippen LogP contribution >= 0.6 is 0 Å². The number of hydrogen-bond donors (Lipinski definition) is 2. The van der Waals surface area contributed by atoms with Crippen LogP contribution in [0.3, 0.4) is 0 Å². The molecule has 0 spiro atoms. The molecular formula is C21H30N2O4. The molecule has 148 valence electrons. The van der Waals surface area contributed by atoms with Crippen LogP contribution in [0.1, 0.15) is 16.7 Å². The second-order valence-corrected chi connectivity index (χ2v) is 6.13. The number of hydrogen-bond acceptors (Lipinski definition) is 6. The molecule has 1 heterocycles. The molecule has 0 saturated carbocycles. The van der Waals surface area contributed by atoms with E-state index in [1.165, 1.54) is 16.7 Å². The molecule has 2 aromatic carbocycles. The first-order chi connectivity index (χ1) is 13.2. The van der Waals surface area contributed by atoms with Gasteiger partial charge in [0, 0.05) is 6.54 Å². The number of ether oxygens (including phenoxy) is 4. The second kappa shape index (κ2) is 10.6. The molecule has 0 amide bonds. The van der Waals surface area contributed by atoms with E-state index in [0.717, 1.165) is 48.9 Å². The van der Waals surface area contributed by atoms with Gasteiger partial charge in [-0.15, -0.1) is 0 Å². The van der Waals surface area contributed by atoms with Crippen molar-refractivity contribution in [1.82, 2.24) is 5.32 Å². The Hall–Kier alpha value is -2.44. The topological polar surface area (TPSA) is 75.0 Å². The summed E-state index contributed by atoms with van der Waals surface area (Å²) in [5.41, 5.74) is 9.29. The smallest absolute Gasteiger partial charge is 0.161 e. The van der Waals surface area contributed by atoms with E-state index in [-0.39, 0.29) is 0 Å². The van der Waals surface area contributed by atoms with E-state index in [1.807, 2.05) is 18.2 Å². The summed E-state index contributed by atoms with van der Waals surface area (Å²) in [5, 5.41) is 3.33. The van der Waals surface area contributed by atoms with Gasteiger partial charge in [-0.3, -0.25) is 0 Å². The van der Waals surface area contributed by atoms with Gasteiger partial charge >= 0.3 is 0 Å². The molecule has 0 unspecified atom stereocenters. The van der Waals surface area contributed by atoms with Crippen molar-refractivity contribution < 1.29 is 18.9 Å². The molecule has 2 aromatic rings. The maximum Gasteiger partial charge on any atom is 0.161 e. The zero-order chi connectivity index (χ0) is 19.6. The number of methoxy groups -OCH3 is 4. The SMILES string of the molecule is COc1cc2c(cc1OC)CNCC2.COc1ccc(CCN)cc1OC. The Balaban J connectivity index is 0.000000194. The molecule has 0 bridgehead atoms. The highest BCUT2D eigenvalue weighted by Crippen LogP contribution is 2.31. The molecule has 3 rings (SSSR count). The maximum atomic E-state index is 5.45. The average Bonchev–Trinajstić information content (AvgIpc) is 2.73. The zero-order valence-electron chi connectivity index (χ0n) is 16.6. The van der Waals surface area contributed by atoms with Crippen molar-refractivity contribution in [2.24, 2.45) is 5.73 Å². The summed E-state index contributed by atoms with van der Waals surface area (Å²) in [6.07, 6.45) is 1.93. The molecule has 0 aromatic heterocycles. The molecular weight excluding hydrogens is 344 g/mol. The monoisotopic (exact) mass is 374 g/mol. The number of nitrogens with one attached hydrogen (secondary N) is 1. The lowest BCUT2D eigenvalue weighted by Gasteiger charge is -2.19. The molecule has 0 aliphatic carbocycles. The third-order valence-corrected chi connectivity index (χ3v) is 4.47. The largest absolute Gasteiger partial charge is 0.493 e. The molecule has 6 heteroatoms. The summed E-state index contributed by atoms with van der Waals surface area (Å²) >= 11 is 0. The Morgan fingerprint density at radius 2 is 1.41 bits per heavy atom. The summed E-state index contributed by atoms with van der Waals surface area (Å²) in [6.45, 7) is 2.62. The van der Waals surface area contributed by atoms with E-state index in [0.29, 0.717) is 6.54 Å². The van der Waals surface area contributed by atoms with Gasteiger partial charge in [0.15, 0.2) is 23.0 Å². The van der Waals surface area contributed by atoms with Crippen LogP contribution in [0.25, 0.3) is 0 Å². The summed E-state index contributed by atoms with van der Waals surface area (Å²) in [5.74, 6) is 3.15. The van der Waals surface area contributed by atoms with Crippen molar-refractivity contribution in [1.29, 1.82) is 0 Å². The second-order valence-electron chi connectivity index (χ2n) is 6.13. The molecule has 3 N–H and O–H groups in total. The predicted molar refractivity (Wildman–Crippen MR) is 107 cm³/mol. The Morgan fingerprint density at radius 1 is 0.815 bits per heavy atom. The van der Waals surface area contributed by atoms with Crippen molar-refractivity contribution >= 4 is 0 Å². The standard InChI is InChI=1S/C11H15NO2.C10H15NO2/c1-13-10-5-8-3-4-12-7-9(8)6-11(10)14-2;1-12-9-4-3-8(5-6-11)7-10(9)13-2/h5-6,12H,3-4,7H2,1-2H3;3-4,7H,5-6,11H2,1-2H3. The van der Waals surface area contributed by atoms with Crippen molar-refractivity contribution in [3.63, 3.8) is 0 Å². The third-order valence-electron chi connectivity index (χ3n) is 4.47. The Kier molecular flexibility index (Phi) is 8.23. The number of benzene rings is 2. The summed E-state index contributed by atoms with van der Waals surface area (Å²) in [4.78, 5) is 0. The van der Waals surface area contributed by atoms with E-state index in [9.17, 15) is 0 Å². The fourth-order valence-electron chi connectivity index (χ4n) is 3.01. The van der Waals surface area contributed by atoms with Crippen LogP contribution in [0, 0.1) is 0 Å². The Labute approximate surface area is 161 Å². The van der Waals surface area contributed by atoms with Crippen molar-refractivity contribution in [2.75, 3.05) is 41.5 Å². The number of fused-ring (bicyclic) bond motifs is 1. The Morgan fingerprint density at radius 3 is 2.00 bits per heavy atom. The molecule has 1 aliphatic heterocycles. The first-order valence-electron chi connectivity index (χ1n) is 9.02. The molecule has 1 aliphatic rings. The van der Waals surface area contributed by atoms with Gasteiger partial charge in [0.1, 0.15) is 0 Å². The molecule has 0 atom stereocenters. The number of nitrogens with two attached hydrogens (primary N) is 1. The first-order valence-corrected chi connectivity index (χ1v) is 9.02. The molecule has 6 nitrogen and oxygen atoms in total. The van der Waals surface area contributed by atoms with Crippen LogP contribution in [0.2, 0.25) is 0 Å². The minimum absolute atomic E-state index is 0.648. The van der Waals surface area contributed by atoms with Gasteiger partial charge in [-0.2, -0.15) is 0 Å². The van der Waals surface area contributed by atoms with Gasteiger partial charge in [-0.25, -0.2) is 0 Å². The highest BCUT2D eigenvalue weighted by Gasteiger charge is 2.13. The molecule has 0 fully saturated rings. The van der Waals surface area contributed by atoms with Gasteiger partial charge in [0.2, 0.25) is 0 Å². The van der Waals surface area contributed by atoms with Crippen molar-refractivity contribution in [3.05, 3.63) is 47.0 Å². The highest BCUT2D eigenvalue weighted by molar-refractivity contribution is 5.48. The van der Waals surface area contributed by atoms with E-state index in [4.69, 9.17) is 24.7 Å². The molecule has 0 saturated heterocycles. The van der Waals surface area contributed by atoms with Crippen LogP contribution in [-0.2, 0) is 19.4 Å². The van der Waals surface area contributed by atoms with Crippen LogP contribution < -0.4 is 30.0 Å². The van der Waals surface area contributed by atoms with Gasteiger partial charge in [0.05, 0.1) is 28.4 Å². The van der Waals surface area contributed by atoms with Crippen LogP contribution in [-0.4, -0.2) is 41.5 Å². The summed E-state index contributed by atoms with van der Waals surface area (Å²) in [7, 11) is 6.59.